The van der Waals surface area contributed by atoms with Crippen LogP contribution in [-0.4, -0.2) is 42.4 Å². The van der Waals surface area contributed by atoms with Gasteiger partial charge >= 0.3 is 0 Å². The number of piperidine rings is 1. The Labute approximate surface area is 154 Å². The summed E-state index contributed by atoms with van der Waals surface area (Å²) in [7, 11) is 0. The summed E-state index contributed by atoms with van der Waals surface area (Å²) in [5, 5.41) is 0. The number of nitrogen functional groups attached to an aromatic ring is 1. The van der Waals surface area contributed by atoms with Gasteiger partial charge in [0.15, 0.2) is 0 Å². The Bertz CT molecular complexity index is 736. The number of aromatic nitrogens is 2. The lowest BCUT2D eigenvalue weighted by atomic mass is 10.0. The molecule has 1 aromatic carbocycles. The maximum Gasteiger partial charge on any atom is 0.222 e. The Hall–Kier alpha value is -2.34. The van der Waals surface area contributed by atoms with E-state index in [0.29, 0.717) is 11.9 Å². The fourth-order valence-electron chi connectivity index (χ4n) is 3.62. The molecule has 2 aliphatic heterocycles. The molecular weight excluding hydrogens is 328 g/mol. The number of nitrogens with zero attached hydrogens (tertiary/aromatic N) is 3. The van der Waals surface area contributed by atoms with Crippen LogP contribution in [0.1, 0.15) is 36.4 Å². The standard InChI is InChI=1S/C20H26N4O2/c1-14-2-4-16(5-3-14)26-17-6-9-24(10-7-17)19-12-18(22-20(21)23-19)15-8-11-25-13-15/h2-5,12,15,17H,6-11,13H2,1H3,(H2,21,22,23). The Morgan fingerprint density at radius 3 is 2.58 bits per heavy atom. The van der Waals surface area contributed by atoms with Crippen molar-refractivity contribution in [2.24, 2.45) is 0 Å². The smallest absolute Gasteiger partial charge is 0.222 e. The molecule has 0 bridgehead atoms. The van der Waals surface area contributed by atoms with E-state index in [1.54, 1.807) is 0 Å². The van der Waals surface area contributed by atoms with Gasteiger partial charge in [0.05, 0.1) is 12.3 Å². The van der Waals surface area contributed by atoms with E-state index in [0.717, 1.165) is 62.8 Å². The summed E-state index contributed by atoms with van der Waals surface area (Å²) in [6.07, 6.45) is 3.19. The maximum absolute atomic E-state index is 6.12. The van der Waals surface area contributed by atoms with Crippen molar-refractivity contribution in [1.29, 1.82) is 0 Å². The average Bonchev–Trinajstić information content (AvgIpc) is 3.19. The first kappa shape index (κ1) is 17.1. The summed E-state index contributed by atoms with van der Waals surface area (Å²) in [6, 6.07) is 10.3. The van der Waals surface area contributed by atoms with Crippen molar-refractivity contribution in [1.82, 2.24) is 9.97 Å². The minimum absolute atomic E-state index is 0.246. The second kappa shape index (κ2) is 7.50. The minimum atomic E-state index is 0.246. The number of benzene rings is 1. The summed E-state index contributed by atoms with van der Waals surface area (Å²) >= 11 is 0. The number of hydrogen-bond donors (Lipinski definition) is 1. The molecule has 4 rings (SSSR count). The van der Waals surface area contributed by atoms with Crippen molar-refractivity contribution >= 4 is 11.8 Å². The molecule has 2 aliphatic rings. The Kier molecular flexibility index (Phi) is 4.93. The van der Waals surface area contributed by atoms with E-state index in [-0.39, 0.29) is 6.10 Å². The number of rotatable bonds is 4. The molecule has 0 saturated carbocycles. The highest BCUT2D eigenvalue weighted by molar-refractivity contribution is 5.45. The van der Waals surface area contributed by atoms with Crippen molar-refractivity contribution in [2.45, 2.75) is 38.2 Å². The summed E-state index contributed by atoms with van der Waals surface area (Å²) in [5.41, 5.74) is 8.21. The lowest BCUT2D eigenvalue weighted by Gasteiger charge is -2.33. The zero-order valence-electron chi connectivity index (χ0n) is 15.2. The van der Waals surface area contributed by atoms with Crippen molar-refractivity contribution in [3.8, 4) is 5.75 Å². The average molecular weight is 354 g/mol. The third kappa shape index (κ3) is 3.90. The fraction of sp³-hybridized carbons (Fsp3) is 0.500. The normalized spacial score (nSPS) is 21.1. The van der Waals surface area contributed by atoms with Crippen LogP contribution in [0.4, 0.5) is 11.8 Å². The van der Waals surface area contributed by atoms with Gasteiger partial charge in [-0.3, -0.25) is 0 Å². The van der Waals surface area contributed by atoms with Crippen LogP contribution in [0.5, 0.6) is 5.75 Å². The van der Waals surface area contributed by atoms with Gasteiger partial charge in [-0.05, 0) is 25.5 Å². The molecule has 26 heavy (non-hydrogen) atoms. The SMILES string of the molecule is Cc1ccc(OC2CCN(c3cc(C4CCOC4)nc(N)n3)CC2)cc1. The van der Waals surface area contributed by atoms with Crippen LogP contribution in [0.15, 0.2) is 30.3 Å². The van der Waals surface area contributed by atoms with Gasteiger partial charge in [0, 0.05) is 44.5 Å². The van der Waals surface area contributed by atoms with Gasteiger partial charge in [-0.1, -0.05) is 17.7 Å². The first-order valence-electron chi connectivity index (χ1n) is 9.38. The van der Waals surface area contributed by atoms with Gasteiger partial charge in [0.2, 0.25) is 5.95 Å². The van der Waals surface area contributed by atoms with E-state index in [9.17, 15) is 0 Å². The predicted molar refractivity (Wildman–Crippen MR) is 102 cm³/mol. The molecule has 138 valence electrons. The van der Waals surface area contributed by atoms with Gasteiger partial charge in [0.25, 0.3) is 0 Å². The molecule has 0 radical (unpaired) electrons. The highest BCUT2D eigenvalue weighted by atomic mass is 16.5. The molecule has 2 fully saturated rings. The number of aryl methyl sites for hydroxylation is 1. The summed E-state index contributed by atoms with van der Waals surface area (Å²) < 4.78 is 11.6. The van der Waals surface area contributed by atoms with Crippen LogP contribution in [-0.2, 0) is 4.74 Å². The maximum atomic E-state index is 6.12. The van der Waals surface area contributed by atoms with Gasteiger partial charge in [-0.2, -0.15) is 4.98 Å². The molecule has 6 nitrogen and oxygen atoms in total. The molecule has 2 saturated heterocycles. The Morgan fingerprint density at radius 1 is 1.12 bits per heavy atom. The van der Waals surface area contributed by atoms with Crippen LogP contribution in [0.25, 0.3) is 0 Å². The summed E-state index contributed by atoms with van der Waals surface area (Å²) in [4.78, 5) is 11.2. The zero-order chi connectivity index (χ0) is 17.9. The fourth-order valence-corrected chi connectivity index (χ4v) is 3.62. The molecule has 2 N–H and O–H groups in total. The molecular formula is C20H26N4O2. The highest BCUT2D eigenvalue weighted by Crippen LogP contribution is 2.28. The topological polar surface area (TPSA) is 73.5 Å². The molecule has 1 atom stereocenters. The Morgan fingerprint density at radius 2 is 1.88 bits per heavy atom. The molecule has 0 spiro atoms. The summed E-state index contributed by atoms with van der Waals surface area (Å²) in [5.74, 6) is 2.56. The van der Waals surface area contributed by atoms with Crippen molar-refractivity contribution < 1.29 is 9.47 Å². The lowest BCUT2D eigenvalue weighted by molar-refractivity contribution is 0.170. The van der Waals surface area contributed by atoms with Crippen molar-refractivity contribution in [2.75, 3.05) is 36.9 Å². The van der Waals surface area contributed by atoms with Gasteiger partial charge in [0.1, 0.15) is 17.7 Å². The largest absolute Gasteiger partial charge is 0.490 e. The first-order valence-corrected chi connectivity index (χ1v) is 9.38. The van der Waals surface area contributed by atoms with E-state index in [2.05, 4.69) is 40.0 Å². The molecule has 3 heterocycles. The second-order valence-electron chi connectivity index (χ2n) is 7.19. The molecule has 6 heteroatoms. The molecule has 0 aliphatic carbocycles. The molecule has 1 aromatic heterocycles. The number of hydrogen-bond acceptors (Lipinski definition) is 6. The quantitative estimate of drug-likeness (QED) is 0.910. The van der Waals surface area contributed by atoms with Crippen LogP contribution in [0, 0.1) is 6.92 Å². The van der Waals surface area contributed by atoms with Crippen LogP contribution >= 0.6 is 0 Å². The van der Waals surface area contributed by atoms with E-state index >= 15 is 0 Å². The van der Waals surface area contributed by atoms with Gasteiger partial charge < -0.3 is 20.1 Å². The van der Waals surface area contributed by atoms with Crippen LogP contribution in [0.3, 0.4) is 0 Å². The molecule has 1 unspecified atom stereocenters. The zero-order valence-corrected chi connectivity index (χ0v) is 15.2. The summed E-state index contributed by atoms with van der Waals surface area (Å²) in [6.45, 7) is 5.43. The van der Waals surface area contributed by atoms with E-state index in [4.69, 9.17) is 15.2 Å². The third-order valence-corrected chi connectivity index (χ3v) is 5.19. The van der Waals surface area contributed by atoms with Crippen LogP contribution < -0.4 is 15.4 Å². The number of ether oxygens (including phenoxy) is 2. The minimum Gasteiger partial charge on any atom is -0.490 e. The monoisotopic (exact) mass is 354 g/mol. The molecule has 2 aromatic rings. The Balaban J connectivity index is 1.39. The lowest BCUT2D eigenvalue weighted by Crippen LogP contribution is -2.39. The molecule has 0 amide bonds. The van der Waals surface area contributed by atoms with Crippen molar-refractivity contribution in [3.05, 3.63) is 41.6 Å². The van der Waals surface area contributed by atoms with E-state index in [1.165, 1.54) is 5.56 Å². The van der Waals surface area contributed by atoms with E-state index in [1.807, 2.05) is 12.1 Å². The number of anilines is 2. The van der Waals surface area contributed by atoms with Gasteiger partial charge in [-0.25, -0.2) is 4.98 Å². The van der Waals surface area contributed by atoms with Crippen molar-refractivity contribution in [3.63, 3.8) is 0 Å². The first-order chi connectivity index (χ1) is 12.7. The second-order valence-corrected chi connectivity index (χ2v) is 7.19. The third-order valence-electron chi connectivity index (χ3n) is 5.19. The van der Waals surface area contributed by atoms with Gasteiger partial charge in [-0.15, -0.1) is 0 Å². The highest BCUT2D eigenvalue weighted by Gasteiger charge is 2.25. The number of nitrogens with two attached hydrogens (primary N) is 1. The van der Waals surface area contributed by atoms with Crippen LogP contribution in [0.2, 0.25) is 0 Å². The van der Waals surface area contributed by atoms with E-state index < -0.39 is 0 Å². The predicted octanol–water partition coefficient (Wildman–Crippen LogP) is 2.92.